The van der Waals surface area contributed by atoms with Crippen LogP contribution >= 0.6 is 11.6 Å². The Morgan fingerprint density at radius 2 is 1.90 bits per heavy atom. The highest BCUT2D eigenvalue weighted by molar-refractivity contribution is 6.29. The van der Waals surface area contributed by atoms with E-state index >= 15 is 0 Å². The van der Waals surface area contributed by atoms with E-state index in [0.29, 0.717) is 6.07 Å². The van der Waals surface area contributed by atoms with Crippen LogP contribution in [0.2, 0.25) is 5.15 Å². The molecule has 0 atom stereocenters. The van der Waals surface area contributed by atoms with E-state index in [1.54, 1.807) is 0 Å². The summed E-state index contributed by atoms with van der Waals surface area (Å²) in [7, 11) is 0. The minimum Gasteiger partial charge on any atom is -0.322 e. The van der Waals surface area contributed by atoms with Crippen molar-refractivity contribution in [3.05, 3.63) is 58.6 Å². The molecule has 0 radical (unpaired) electrons. The van der Waals surface area contributed by atoms with Crippen LogP contribution in [0.15, 0.2) is 36.5 Å². The maximum atomic E-state index is 13.6. The molecule has 0 bridgehead atoms. The Hall–Kier alpha value is -2.15. The van der Waals surface area contributed by atoms with E-state index in [9.17, 15) is 22.4 Å². The van der Waals surface area contributed by atoms with E-state index in [1.165, 1.54) is 18.3 Å². The first kappa shape index (κ1) is 15.2. The minimum atomic E-state index is -4.67. The zero-order valence-corrected chi connectivity index (χ0v) is 11.0. The average Bonchev–Trinajstić information content (AvgIpc) is 2.37. The van der Waals surface area contributed by atoms with Crippen LogP contribution in [-0.2, 0) is 6.18 Å². The van der Waals surface area contributed by atoms with Gasteiger partial charge in [-0.1, -0.05) is 11.6 Å². The van der Waals surface area contributed by atoms with Crippen LogP contribution in [0.3, 0.4) is 0 Å². The summed E-state index contributed by atoms with van der Waals surface area (Å²) in [6.45, 7) is 0. The molecule has 3 nitrogen and oxygen atoms in total. The molecule has 1 heterocycles. The first-order valence-electron chi connectivity index (χ1n) is 5.57. The number of nitrogens with zero attached hydrogens (tertiary/aromatic N) is 1. The van der Waals surface area contributed by atoms with E-state index < -0.39 is 29.0 Å². The minimum absolute atomic E-state index is 0.112. The number of rotatable bonds is 2. The van der Waals surface area contributed by atoms with Crippen molar-refractivity contribution in [2.24, 2.45) is 0 Å². The number of carbonyl (C=O) groups is 1. The summed E-state index contributed by atoms with van der Waals surface area (Å²) in [5.74, 6) is -2.15. The largest absolute Gasteiger partial charge is 0.416 e. The van der Waals surface area contributed by atoms with Gasteiger partial charge >= 0.3 is 6.18 Å². The Kier molecular flexibility index (Phi) is 4.13. The molecule has 1 amide bonds. The lowest BCUT2D eigenvalue weighted by Crippen LogP contribution is -2.15. The van der Waals surface area contributed by atoms with Crippen molar-refractivity contribution in [2.75, 3.05) is 5.32 Å². The fourth-order valence-electron chi connectivity index (χ4n) is 1.55. The zero-order chi connectivity index (χ0) is 15.6. The summed E-state index contributed by atoms with van der Waals surface area (Å²) in [6.07, 6.45) is -3.35. The predicted octanol–water partition coefficient (Wildman–Crippen LogP) is 4.15. The van der Waals surface area contributed by atoms with Gasteiger partial charge in [0.15, 0.2) is 0 Å². The van der Waals surface area contributed by atoms with Crippen LogP contribution < -0.4 is 5.32 Å². The lowest BCUT2D eigenvalue weighted by atomic mass is 10.1. The number of hydrogen-bond donors (Lipinski definition) is 1. The molecule has 0 aliphatic carbocycles. The fraction of sp³-hybridized carbons (Fsp3) is 0.0769. The van der Waals surface area contributed by atoms with Crippen LogP contribution in [-0.4, -0.2) is 10.9 Å². The number of anilines is 1. The second-order valence-corrected chi connectivity index (χ2v) is 4.40. The molecule has 0 fully saturated rings. The highest BCUT2D eigenvalue weighted by atomic mass is 35.5. The molecular formula is C13H7ClF4N2O. The Balaban J connectivity index is 2.24. The zero-order valence-electron chi connectivity index (χ0n) is 10.2. The van der Waals surface area contributed by atoms with Crippen LogP contribution in [0.4, 0.5) is 23.2 Å². The summed E-state index contributed by atoms with van der Waals surface area (Å²) in [5, 5.41) is 2.43. The SMILES string of the molecule is O=C(Nc1ccnc(Cl)c1)c1ccc(C(F)(F)F)cc1F. The van der Waals surface area contributed by atoms with E-state index in [-0.39, 0.29) is 16.9 Å². The molecule has 0 aliphatic heterocycles. The Labute approximate surface area is 121 Å². The number of halogens is 5. The molecule has 1 N–H and O–H groups in total. The summed E-state index contributed by atoms with van der Waals surface area (Å²) in [4.78, 5) is 15.5. The van der Waals surface area contributed by atoms with E-state index in [2.05, 4.69) is 10.3 Å². The number of hydrogen-bond acceptors (Lipinski definition) is 2. The van der Waals surface area contributed by atoms with E-state index in [4.69, 9.17) is 11.6 Å². The van der Waals surface area contributed by atoms with Crippen molar-refractivity contribution < 1.29 is 22.4 Å². The van der Waals surface area contributed by atoms with Gasteiger partial charge in [-0.05, 0) is 30.3 Å². The molecule has 8 heteroatoms. The number of alkyl halides is 3. The number of pyridine rings is 1. The summed E-state index contributed by atoms with van der Waals surface area (Å²) in [5.41, 5.74) is -1.42. The highest BCUT2D eigenvalue weighted by Crippen LogP contribution is 2.30. The first-order valence-corrected chi connectivity index (χ1v) is 5.95. The van der Waals surface area contributed by atoms with Gasteiger partial charge < -0.3 is 5.32 Å². The quantitative estimate of drug-likeness (QED) is 0.668. The molecule has 21 heavy (non-hydrogen) atoms. The van der Waals surface area contributed by atoms with Gasteiger partial charge in [-0.25, -0.2) is 9.37 Å². The van der Waals surface area contributed by atoms with E-state index in [0.717, 1.165) is 6.07 Å². The maximum Gasteiger partial charge on any atom is 0.416 e. The molecule has 0 aliphatic rings. The van der Waals surface area contributed by atoms with Crippen molar-refractivity contribution in [3.63, 3.8) is 0 Å². The normalized spacial score (nSPS) is 11.3. The molecule has 1 aromatic carbocycles. The molecule has 1 aromatic heterocycles. The van der Waals surface area contributed by atoms with Crippen molar-refractivity contribution in [2.45, 2.75) is 6.18 Å². The molecule has 0 saturated carbocycles. The maximum absolute atomic E-state index is 13.6. The van der Waals surface area contributed by atoms with Gasteiger partial charge in [0.2, 0.25) is 0 Å². The number of carbonyl (C=O) groups excluding carboxylic acids is 1. The third-order valence-corrected chi connectivity index (χ3v) is 2.73. The van der Waals surface area contributed by atoms with Crippen LogP contribution in [0.5, 0.6) is 0 Å². The van der Waals surface area contributed by atoms with Crippen molar-refractivity contribution in [3.8, 4) is 0 Å². The molecule has 110 valence electrons. The number of nitrogens with one attached hydrogen (secondary N) is 1. The average molecular weight is 319 g/mol. The second kappa shape index (κ2) is 5.69. The van der Waals surface area contributed by atoms with Gasteiger partial charge in [-0.15, -0.1) is 0 Å². The number of aromatic nitrogens is 1. The number of amides is 1. The van der Waals surface area contributed by atoms with Gasteiger partial charge in [0.1, 0.15) is 11.0 Å². The predicted molar refractivity (Wildman–Crippen MR) is 68.6 cm³/mol. The van der Waals surface area contributed by atoms with Gasteiger partial charge in [0.05, 0.1) is 11.1 Å². The lowest BCUT2D eigenvalue weighted by Gasteiger charge is -2.09. The third kappa shape index (κ3) is 3.69. The van der Waals surface area contributed by atoms with Crippen LogP contribution in [0, 0.1) is 5.82 Å². The molecular weight excluding hydrogens is 312 g/mol. The van der Waals surface area contributed by atoms with Crippen molar-refractivity contribution >= 4 is 23.2 Å². The van der Waals surface area contributed by atoms with Gasteiger partial charge in [-0.3, -0.25) is 4.79 Å². The van der Waals surface area contributed by atoms with E-state index in [1.807, 2.05) is 0 Å². The Morgan fingerprint density at radius 1 is 1.19 bits per heavy atom. The van der Waals surface area contributed by atoms with Gasteiger partial charge in [0.25, 0.3) is 5.91 Å². The van der Waals surface area contributed by atoms with Crippen LogP contribution in [0.1, 0.15) is 15.9 Å². The molecule has 0 unspecified atom stereocenters. The van der Waals surface area contributed by atoms with Gasteiger partial charge in [-0.2, -0.15) is 13.2 Å². The second-order valence-electron chi connectivity index (χ2n) is 4.01. The third-order valence-electron chi connectivity index (χ3n) is 2.53. The first-order chi connectivity index (χ1) is 9.77. The van der Waals surface area contributed by atoms with Crippen molar-refractivity contribution in [1.82, 2.24) is 4.98 Å². The topological polar surface area (TPSA) is 42.0 Å². The van der Waals surface area contributed by atoms with Crippen LogP contribution in [0.25, 0.3) is 0 Å². The fourth-order valence-corrected chi connectivity index (χ4v) is 1.73. The monoisotopic (exact) mass is 318 g/mol. The number of benzene rings is 1. The molecule has 2 rings (SSSR count). The van der Waals surface area contributed by atoms with Crippen molar-refractivity contribution in [1.29, 1.82) is 0 Å². The summed E-state index contributed by atoms with van der Waals surface area (Å²) in [6, 6.07) is 4.41. The highest BCUT2D eigenvalue weighted by Gasteiger charge is 2.31. The smallest absolute Gasteiger partial charge is 0.322 e. The standard InChI is InChI=1S/C13H7ClF4N2O/c14-11-6-8(3-4-19-11)20-12(21)9-2-1-7(5-10(9)15)13(16,17)18/h1-6H,(H,19,20,21). The molecule has 0 saturated heterocycles. The summed E-state index contributed by atoms with van der Waals surface area (Å²) < 4.78 is 50.8. The molecule has 0 spiro atoms. The Bertz CT molecular complexity index is 688. The molecule has 2 aromatic rings. The Morgan fingerprint density at radius 3 is 2.48 bits per heavy atom. The summed E-state index contributed by atoms with van der Waals surface area (Å²) >= 11 is 5.62. The van der Waals surface area contributed by atoms with Gasteiger partial charge in [0, 0.05) is 11.9 Å². The lowest BCUT2D eigenvalue weighted by molar-refractivity contribution is -0.137.